The van der Waals surface area contributed by atoms with E-state index >= 15 is 0 Å². The van der Waals surface area contributed by atoms with Gasteiger partial charge in [-0.05, 0) is 19.4 Å². The van der Waals surface area contributed by atoms with E-state index in [0.717, 1.165) is 17.7 Å². The summed E-state index contributed by atoms with van der Waals surface area (Å²) in [5, 5.41) is 0.582. The van der Waals surface area contributed by atoms with Crippen molar-refractivity contribution in [2.24, 2.45) is 5.73 Å². The largest absolute Gasteiger partial charge is 0.323 e. The van der Waals surface area contributed by atoms with Crippen LogP contribution in [0, 0.1) is 12.7 Å². The molecule has 0 spiro atoms. The van der Waals surface area contributed by atoms with Crippen LogP contribution in [-0.4, -0.2) is 11.0 Å². The Bertz CT molecular complexity index is 341. The van der Waals surface area contributed by atoms with Gasteiger partial charge in [-0.25, -0.2) is 4.39 Å². The van der Waals surface area contributed by atoms with Crippen molar-refractivity contribution in [1.29, 1.82) is 0 Å². The number of benzene rings is 1. The summed E-state index contributed by atoms with van der Waals surface area (Å²) in [6.45, 7) is 6.28. The van der Waals surface area contributed by atoms with E-state index < -0.39 is 0 Å². The fourth-order valence-corrected chi connectivity index (χ4v) is 2.37. The van der Waals surface area contributed by atoms with Gasteiger partial charge in [-0.3, -0.25) is 0 Å². The molecule has 0 saturated carbocycles. The van der Waals surface area contributed by atoms with E-state index in [1.807, 2.05) is 13.0 Å². The molecule has 1 rings (SSSR count). The highest BCUT2D eigenvalue weighted by atomic mass is 32.2. The molecule has 0 heterocycles. The summed E-state index contributed by atoms with van der Waals surface area (Å²) < 4.78 is 13.5. The summed E-state index contributed by atoms with van der Waals surface area (Å²) >= 11 is 1.80. The zero-order chi connectivity index (χ0) is 12.1. The Hall–Kier alpha value is -0.540. The number of nitrogens with two attached hydrogens (primary N) is 1. The van der Waals surface area contributed by atoms with E-state index in [2.05, 4.69) is 13.8 Å². The first-order valence-corrected chi connectivity index (χ1v) is 6.72. The zero-order valence-electron chi connectivity index (χ0n) is 10.2. The molecule has 0 aliphatic carbocycles. The van der Waals surface area contributed by atoms with Gasteiger partial charge in [0.05, 0.1) is 0 Å². The Morgan fingerprint density at radius 2 is 2.12 bits per heavy atom. The monoisotopic (exact) mass is 241 g/mol. The van der Waals surface area contributed by atoms with Crippen LogP contribution in [0.4, 0.5) is 4.39 Å². The Morgan fingerprint density at radius 3 is 2.75 bits per heavy atom. The van der Waals surface area contributed by atoms with Crippen molar-refractivity contribution in [3.8, 4) is 0 Å². The molecule has 3 heteroatoms. The van der Waals surface area contributed by atoms with E-state index in [1.165, 1.54) is 6.07 Å². The predicted molar refractivity (Wildman–Crippen MR) is 70.3 cm³/mol. The zero-order valence-corrected chi connectivity index (χ0v) is 11.0. The third-order valence-electron chi connectivity index (χ3n) is 2.69. The van der Waals surface area contributed by atoms with Crippen LogP contribution >= 0.6 is 11.8 Å². The average Bonchev–Trinajstić information content (AvgIpc) is 2.28. The lowest BCUT2D eigenvalue weighted by Crippen LogP contribution is -2.16. The van der Waals surface area contributed by atoms with Crippen molar-refractivity contribution in [1.82, 2.24) is 0 Å². The number of hydrogen-bond acceptors (Lipinski definition) is 2. The highest BCUT2D eigenvalue weighted by molar-refractivity contribution is 7.99. The van der Waals surface area contributed by atoms with Crippen LogP contribution in [0.15, 0.2) is 18.2 Å². The Morgan fingerprint density at radius 1 is 1.44 bits per heavy atom. The molecule has 1 aromatic rings. The van der Waals surface area contributed by atoms with E-state index in [0.29, 0.717) is 10.8 Å². The number of aryl methyl sites for hydroxylation is 1. The second kappa shape index (κ2) is 6.26. The van der Waals surface area contributed by atoms with Gasteiger partial charge in [0.15, 0.2) is 0 Å². The lowest BCUT2D eigenvalue weighted by atomic mass is 10.1. The van der Waals surface area contributed by atoms with Gasteiger partial charge in [-0.1, -0.05) is 31.5 Å². The molecule has 1 nitrogen and oxygen atoms in total. The SMILES string of the molecule is CCC(C)SCC(N)c1cc(C)ccc1F. The first kappa shape index (κ1) is 13.5. The summed E-state index contributed by atoms with van der Waals surface area (Å²) in [6, 6.07) is 4.90. The molecule has 0 aromatic heterocycles. The summed E-state index contributed by atoms with van der Waals surface area (Å²) in [6.07, 6.45) is 1.12. The Balaban J connectivity index is 2.65. The van der Waals surface area contributed by atoms with Crippen molar-refractivity contribution in [3.05, 3.63) is 35.1 Å². The molecule has 2 unspecified atom stereocenters. The normalized spacial score (nSPS) is 14.8. The lowest BCUT2D eigenvalue weighted by molar-refractivity contribution is 0.594. The molecule has 0 aliphatic rings. The minimum Gasteiger partial charge on any atom is -0.323 e. The fourth-order valence-electron chi connectivity index (χ4n) is 1.42. The van der Waals surface area contributed by atoms with Crippen molar-refractivity contribution in [2.75, 3.05) is 5.75 Å². The van der Waals surface area contributed by atoms with E-state index in [-0.39, 0.29) is 11.9 Å². The van der Waals surface area contributed by atoms with Crippen LogP contribution < -0.4 is 5.73 Å². The van der Waals surface area contributed by atoms with Gasteiger partial charge in [0, 0.05) is 22.6 Å². The summed E-state index contributed by atoms with van der Waals surface area (Å²) in [7, 11) is 0. The maximum absolute atomic E-state index is 13.5. The molecular formula is C13H20FNS. The Kier molecular flexibility index (Phi) is 5.29. The standard InChI is InChI=1S/C13H20FNS/c1-4-10(3)16-8-13(15)11-7-9(2)5-6-12(11)14/h5-7,10,13H,4,8,15H2,1-3H3. The van der Waals surface area contributed by atoms with Gasteiger partial charge < -0.3 is 5.73 Å². The summed E-state index contributed by atoms with van der Waals surface area (Å²) in [5.74, 6) is 0.581. The van der Waals surface area contributed by atoms with Gasteiger partial charge in [-0.2, -0.15) is 11.8 Å². The Labute approximate surface area is 102 Å². The van der Waals surface area contributed by atoms with Gasteiger partial charge in [0.1, 0.15) is 5.82 Å². The van der Waals surface area contributed by atoms with Crippen LogP contribution in [0.3, 0.4) is 0 Å². The van der Waals surface area contributed by atoms with Crippen molar-refractivity contribution in [3.63, 3.8) is 0 Å². The van der Waals surface area contributed by atoms with E-state index in [1.54, 1.807) is 17.8 Å². The first-order chi connectivity index (χ1) is 7.54. The number of halogens is 1. The van der Waals surface area contributed by atoms with Gasteiger partial charge >= 0.3 is 0 Å². The van der Waals surface area contributed by atoms with Crippen LogP contribution in [0.1, 0.15) is 37.4 Å². The first-order valence-electron chi connectivity index (χ1n) is 5.67. The molecule has 0 saturated heterocycles. The van der Waals surface area contributed by atoms with Gasteiger partial charge in [0.25, 0.3) is 0 Å². The minimum atomic E-state index is -0.209. The second-order valence-electron chi connectivity index (χ2n) is 4.18. The number of rotatable bonds is 5. The second-order valence-corrected chi connectivity index (χ2v) is 5.66. The molecule has 0 aliphatic heterocycles. The molecule has 2 atom stereocenters. The van der Waals surface area contributed by atoms with E-state index in [4.69, 9.17) is 5.73 Å². The van der Waals surface area contributed by atoms with Crippen molar-refractivity contribution in [2.45, 2.75) is 38.5 Å². The van der Waals surface area contributed by atoms with Crippen molar-refractivity contribution < 1.29 is 4.39 Å². The smallest absolute Gasteiger partial charge is 0.128 e. The maximum Gasteiger partial charge on any atom is 0.128 e. The van der Waals surface area contributed by atoms with Crippen LogP contribution in [0.25, 0.3) is 0 Å². The van der Waals surface area contributed by atoms with Crippen molar-refractivity contribution >= 4 is 11.8 Å². The maximum atomic E-state index is 13.5. The minimum absolute atomic E-state index is 0.192. The quantitative estimate of drug-likeness (QED) is 0.851. The molecular weight excluding hydrogens is 221 g/mol. The summed E-state index contributed by atoms with van der Waals surface area (Å²) in [5.41, 5.74) is 7.70. The van der Waals surface area contributed by atoms with Crippen LogP contribution in [-0.2, 0) is 0 Å². The highest BCUT2D eigenvalue weighted by Gasteiger charge is 2.12. The number of hydrogen-bond donors (Lipinski definition) is 1. The molecule has 0 bridgehead atoms. The molecule has 90 valence electrons. The predicted octanol–water partition coefficient (Wildman–Crippen LogP) is 3.67. The van der Waals surface area contributed by atoms with Crippen LogP contribution in [0.5, 0.6) is 0 Å². The molecule has 0 fully saturated rings. The molecule has 2 N–H and O–H groups in total. The molecule has 0 amide bonds. The van der Waals surface area contributed by atoms with E-state index in [9.17, 15) is 4.39 Å². The molecule has 1 aromatic carbocycles. The average molecular weight is 241 g/mol. The topological polar surface area (TPSA) is 26.0 Å². The molecule has 16 heavy (non-hydrogen) atoms. The van der Waals surface area contributed by atoms with Gasteiger partial charge in [-0.15, -0.1) is 0 Å². The van der Waals surface area contributed by atoms with Crippen LogP contribution in [0.2, 0.25) is 0 Å². The molecule has 0 radical (unpaired) electrons. The van der Waals surface area contributed by atoms with Gasteiger partial charge in [0.2, 0.25) is 0 Å². The fraction of sp³-hybridized carbons (Fsp3) is 0.538. The highest BCUT2D eigenvalue weighted by Crippen LogP contribution is 2.23. The third kappa shape index (κ3) is 3.80. The number of thioether (sulfide) groups is 1. The lowest BCUT2D eigenvalue weighted by Gasteiger charge is -2.15. The summed E-state index contributed by atoms with van der Waals surface area (Å²) in [4.78, 5) is 0. The third-order valence-corrected chi connectivity index (χ3v) is 4.14.